The standard InChI is InChI=1S/C21H20O6/c1-5-21(2,3)16-18(24)20(25-4)17(23)15-13(22)11-14(27-19(15)16)26-12-9-7-6-8-10-12/h5-11,23-24H,1H2,2-4H3. The minimum atomic E-state index is -0.787. The van der Waals surface area contributed by atoms with E-state index < -0.39 is 16.6 Å². The summed E-state index contributed by atoms with van der Waals surface area (Å²) in [7, 11) is 1.29. The Morgan fingerprint density at radius 2 is 1.81 bits per heavy atom. The Kier molecular flexibility index (Phi) is 4.57. The summed E-state index contributed by atoms with van der Waals surface area (Å²) in [5, 5.41) is 21.0. The van der Waals surface area contributed by atoms with E-state index in [0.717, 1.165) is 6.07 Å². The van der Waals surface area contributed by atoms with Crippen LogP contribution in [0, 0.1) is 0 Å². The van der Waals surface area contributed by atoms with E-state index in [2.05, 4.69) is 6.58 Å². The highest BCUT2D eigenvalue weighted by Gasteiger charge is 2.32. The van der Waals surface area contributed by atoms with E-state index in [1.54, 1.807) is 44.2 Å². The average molecular weight is 368 g/mol. The zero-order valence-electron chi connectivity index (χ0n) is 15.3. The number of aromatic hydroxyl groups is 2. The number of phenolic OH excluding ortho intramolecular Hbond substituents is 2. The van der Waals surface area contributed by atoms with Crippen molar-refractivity contribution in [1.82, 2.24) is 0 Å². The van der Waals surface area contributed by atoms with Crippen LogP contribution in [0.5, 0.6) is 28.9 Å². The van der Waals surface area contributed by atoms with Crippen LogP contribution in [0.4, 0.5) is 0 Å². The third-order valence-corrected chi connectivity index (χ3v) is 4.38. The molecule has 0 radical (unpaired) electrons. The van der Waals surface area contributed by atoms with E-state index in [-0.39, 0.29) is 34.0 Å². The molecule has 140 valence electrons. The quantitative estimate of drug-likeness (QED) is 0.646. The summed E-state index contributed by atoms with van der Waals surface area (Å²) in [6.45, 7) is 7.36. The number of para-hydroxylation sites is 1. The molecule has 0 unspecified atom stereocenters. The first-order valence-electron chi connectivity index (χ1n) is 8.27. The molecule has 6 nitrogen and oxygen atoms in total. The lowest BCUT2D eigenvalue weighted by atomic mass is 9.82. The Bertz CT molecular complexity index is 1060. The Hall–Kier alpha value is -3.41. The second-order valence-corrected chi connectivity index (χ2v) is 6.58. The Balaban J connectivity index is 2.37. The van der Waals surface area contributed by atoms with Crippen molar-refractivity contribution in [1.29, 1.82) is 0 Å². The van der Waals surface area contributed by atoms with Crippen LogP contribution in [0.2, 0.25) is 0 Å². The van der Waals surface area contributed by atoms with E-state index in [9.17, 15) is 15.0 Å². The maximum Gasteiger partial charge on any atom is 0.294 e. The first-order valence-corrected chi connectivity index (χ1v) is 8.27. The molecule has 1 heterocycles. The number of methoxy groups -OCH3 is 1. The fourth-order valence-electron chi connectivity index (χ4n) is 2.87. The maximum absolute atomic E-state index is 12.7. The summed E-state index contributed by atoms with van der Waals surface area (Å²) in [6, 6.07) is 9.95. The summed E-state index contributed by atoms with van der Waals surface area (Å²) in [4.78, 5) is 12.7. The van der Waals surface area contributed by atoms with E-state index in [0.29, 0.717) is 5.75 Å². The first kappa shape index (κ1) is 18.4. The normalized spacial score (nSPS) is 11.4. The van der Waals surface area contributed by atoms with Gasteiger partial charge in [-0.25, -0.2) is 0 Å². The fourth-order valence-corrected chi connectivity index (χ4v) is 2.87. The fraction of sp³-hybridized carbons (Fsp3) is 0.190. The van der Waals surface area contributed by atoms with Gasteiger partial charge in [-0.05, 0) is 12.1 Å². The number of rotatable bonds is 5. The number of fused-ring (bicyclic) bond motifs is 1. The average Bonchev–Trinajstić information content (AvgIpc) is 2.62. The third kappa shape index (κ3) is 3.10. The van der Waals surface area contributed by atoms with Crippen molar-refractivity contribution in [2.24, 2.45) is 0 Å². The minimum Gasteiger partial charge on any atom is -0.504 e. The summed E-state index contributed by atoms with van der Waals surface area (Å²) in [5.41, 5.74) is -1.05. The van der Waals surface area contributed by atoms with E-state index in [4.69, 9.17) is 13.9 Å². The highest BCUT2D eigenvalue weighted by Crippen LogP contribution is 2.49. The van der Waals surface area contributed by atoms with Crippen molar-refractivity contribution < 1.29 is 24.1 Å². The summed E-state index contributed by atoms with van der Waals surface area (Å²) in [6.07, 6.45) is 1.60. The van der Waals surface area contributed by atoms with E-state index in [1.165, 1.54) is 7.11 Å². The number of hydrogen-bond acceptors (Lipinski definition) is 6. The lowest BCUT2D eigenvalue weighted by molar-refractivity contribution is 0.333. The smallest absolute Gasteiger partial charge is 0.294 e. The van der Waals surface area contributed by atoms with Crippen LogP contribution in [-0.2, 0) is 5.41 Å². The van der Waals surface area contributed by atoms with Crippen LogP contribution in [-0.4, -0.2) is 17.3 Å². The molecule has 0 saturated heterocycles. The lowest BCUT2D eigenvalue weighted by Crippen LogP contribution is -2.16. The molecule has 0 aliphatic carbocycles. The van der Waals surface area contributed by atoms with Crippen LogP contribution in [0.15, 0.2) is 58.3 Å². The Morgan fingerprint density at radius 1 is 1.15 bits per heavy atom. The van der Waals surface area contributed by atoms with Crippen molar-refractivity contribution in [2.75, 3.05) is 7.11 Å². The summed E-state index contributed by atoms with van der Waals surface area (Å²) >= 11 is 0. The molecule has 0 aliphatic rings. The molecular weight excluding hydrogens is 348 g/mol. The van der Waals surface area contributed by atoms with Crippen molar-refractivity contribution in [2.45, 2.75) is 19.3 Å². The zero-order chi connectivity index (χ0) is 19.8. The minimum absolute atomic E-state index is 0.00845. The Labute approximate surface area is 155 Å². The van der Waals surface area contributed by atoms with Gasteiger partial charge in [0.25, 0.3) is 5.95 Å². The molecule has 2 N–H and O–H groups in total. The Morgan fingerprint density at radius 3 is 2.41 bits per heavy atom. The molecule has 3 aromatic rings. The molecule has 0 atom stereocenters. The predicted molar refractivity (Wildman–Crippen MR) is 102 cm³/mol. The largest absolute Gasteiger partial charge is 0.504 e. The highest BCUT2D eigenvalue weighted by molar-refractivity contribution is 5.93. The van der Waals surface area contributed by atoms with Gasteiger partial charge in [-0.3, -0.25) is 4.79 Å². The van der Waals surface area contributed by atoms with Gasteiger partial charge in [0, 0.05) is 5.41 Å². The van der Waals surface area contributed by atoms with E-state index in [1.807, 2.05) is 6.07 Å². The topological polar surface area (TPSA) is 89.1 Å². The molecule has 0 aliphatic heterocycles. The molecule has 6 heteroatoms. The van der Waals surface area contributed by atoms with Gasteiger partial charge in [-0.2, -0.15) is 0 Å². The second-order valence-electron chi connectivity index (χ2n) is 6.58. The van der Waals surface area contributed by atoms with Gasteiger partial charge < -0.3 is 24.1 Å². The molecular formula is C21H20O6. The SMILES string of the molecule is C=CC(C)(C)c1c(O)c(OC)c(O)c2c(=O)cc(Oc3ccccc3)oc12. The van der Waals surface area contributed by atoms with Crippen molar-refractivity contribution in [3.63, 3.8) is 0 Å². The molecule has 0 amide bonds. The van der Waals surface area contributed by atoms with Gasteiger partial charge in [0.15, 0.2) is 17.1 Å². The molecule has 0 bridgehead atoms. The zero-order valence-corrected chi connectivity index (χ0v) is 15.3. The molecule has 0 fully saturated rings. The number of ether oxygens (including phenoxy) is 2. The summed E-state index contributed by atoms with van der Waals surface area (Å²) < 4.78 is 16.5. The van der Waals surface area contributed by atoms with Crippen molar-refractivity contribution in [3.05, 3.63) is 64.8 Å². The second kappa shape index (κ2) is 6.72. The van der Waals surface area contributed by atoms with Crippen LogP contribution < -0.4 is 14.9 Å². The third-order valence-electron chi connectivity index (χ3n) is 4.38. The van der Waals surface area contributed by atoms with Gasteiger partial charge in [0.1, 0.15) is 11.1 Å². The molecule has 1 aromatic heterocycles. The monoisotopic (exact) mass is 368 g/mol. The highest BCUT2D eigenvalue weighted by atomic mass is 16.6. The number of phenols is 2. The van der Waals surface area contributed by atoms with Crippen LogP contribution in [0.25, 0.3) is 11.0 Å². The van der Waals surface area contributed by atoms with Crippen LogP contribution in [0.3, 0.4) is 0 Å². The number of hydrogen-bond donors (Lipinski definition) is 2. The van der Waals surface area contributed by atoms with Crippen molar-refractivity contribution in [3.8, 4) is 28.9 Å². The summed E-state index contributed by atoms with van der Waals surface area (Å²) in [5.74, 6) is -0.604. The van der Waals surface area contributed by atoms with Gasteiger partial charge in [0.2, 0.25) is 11.2 Å². The van der Waals surface area contributed by atoms with E-state index >= 15 is 0 Å². The lowest BCUT2D eigenvalue weighted by Gasteiger charge is -2.24. The van der Waals surface area contributed by atoms with Crippen LogP contribution >= 0.6 is 0 Å². The number of benzene rings is 2. The first-order chi connectivity index (χ1) is 12.8. The van der Waals surface area contributed by atoms with Gasteiger partial charge in [-0.1, -0.05) is 38.1 Å². The number of allylic oxidation sites excluding steroid dienone is 1. The molecule has 3 rings (SSSR count). The van der Waals surface area contributed by atoms with Gasteiger partial charge in [0.05, 0.1) is 18.7 Å². The van der Waals surface area contributed by atoms with Crippen molar-refractivity contribution >= 4 is 11.0 Å². The molecule has 0 saturated carbocycles. The maximum atomic E-state index is 12.7. The van der Waals surface area contributed by atoms with Gasteiger partial charge >= 0.3 is 0 Å². The van der Waals surface area contributed by atoms with Gasteiger partial charge in [-0.15, -0.1) is 6.58 Å². The van der Waals surface area contributed by atoms with Crippen LogP contribution in [0.1, 0.15) is 19.4 Å². The molecule has 0 spiro atoms. The molecule has 27 heavy (non-hydrogen) atoms. The molecule has 2 aromatic carbocycles. The predicted octanol–water partition coefficient (Wildman–Crippen LogP) is 4.47.